The van der Waals surface area contributed by atoms with E-state index in [1.807, 2.05) is 0 Å². The van der Waals surface area contributed by atoms with Gasteiger partial charge in [-0.1, -0.05) is 0 Å². The van der Waals surface area contributed by atoms with Gasteiger partial charge < -0.3 is 4.74 Å². The molecule has 1 saturated heterocycles. The van der Waals surface area contributed by atoms with E-state index in [-0.39, 0.29) is 11.7 Å². The maximum Gasteiger partial charge on any atom is 0.416 e. The third-order valence-corrected chi connectivity index (χ3v) is 1.95. The number of rotatable bonds is 1. The van der Waals surface area contributed by atoms with Gasteiger partial charge in [0.25, 0.3) is 0 Å². The smallest absolute Gasteiger partial charge is 0.368 e. The summed E-state index contributed by atoms with van der Waals surface area (Å²) in [5.74, 6) is -0.884. The average Bonchev–Trinajstić information content (AvgIpc) is 2.83. The van der Waals surface area contributed by atoms with Crippen molar-refractivity contribution in [2.45, 2.75) is 12.3 Å². The number of alkyl halides is 3. The molecule has 1 aliphatic heterocycles. The van der Waals surface area contributed by atoms with Gasteiger partial charge in [-0.2, -0.15) is 13.2 Å². The van der Waals surface area contributed by atoms with Crippen LogP contribution in [0.4, 0.5) is 17.6 Å². The lowest BCUT2D eigenvalue weighted by molar-refractivity contribution is -0.137. The summed E-state index contributed by atoms with van der Waals surface area (Å²) in [5, 5.41) is 0. The maximum absolute atomic E-state index is 12.8. The Hall–Kier alpha value is -1.10. The molecular weight excluding hydrogens is 200 g/mol. The molecule has 0 N–H and O–H groups in total. The zero-order valence-corrected chi connectivity index (χ0v) is 6.94. The van der Waals surface area contributed by atoms with E-state index in [0.717, 1.165) is 12.1 Å². The van der Waals surface area contributed by atoms with Crippen molar-refractivity contribution in [1.29, 1.82) is 0 Å². The number of hydrogen-bond donors (Lipinski definition) is 0. The lowest BCUT2D eigenvalue weighted by atomic mass is 10.1. The van der Waals surface area contributed by atoms with Crippen LogP contribution < -0.4 is 0 Å². The van der Waals surface area contributed by atoms with Gasteiger partial charge in [0.05, 0.1) is 12.2 Å². The normalized spacial score (nSPS) is 21.0. The van der Waals surface area contributed by atoms with Crippen molar-refractivity contribution in [1.82, 2.24) is 0 Å². The van der Waals surface area contributed by atoms with Gasteiger partial charge in [-0.25, -0.2) is 4.39 Å². The highest BCUT2D eigenvalue weighted by atomic mass is 19.4. The van der Waals surface area contributed by atoms with Crippen LogP contribution in [0.3, 0.4) is 0 Å². The topological polar surface area (TPSA) is 12.5 Å². The van der Waals surface area contributed by atoms with Crippen LogP contribution in [-0.2, 0) is 10.9 Å². The second-order valence-electron chi connectivity index (χ2n) is 3.09. The van der Waals surface area contributed by atoms with Crippen LogP contribution in [0.5, 0.6) is 0 Å². The fraction of sp³-hybridized carbons (Fsp3) is 0.333. The summed E-state index contributed by atoms with van der Waals surface area (Å²) < 4.78 is 54.2. The second-order valence-corrected chi connectivity index (χ2v) is 3.09. The van der Waals surface area contributed by atoms with E-state index in [4.69, 9.17) is 4.74 Å². The molecule has 0 amide bonds. The first-order chi connectivity index (χ1) is 6.47. The average molecular weight is 206 g/mol. The molecule has 0 aromatic heterocycles. The van der Waals surface area contributed by atoms with Crippen LogP contribution in [-0.4, -0.2) is 6.61 Å². The van der Waals surface area contributed by atoms with E-state index < -0.39 is 17.6 Å². The van der Waals surface area contributed by atoms with Crippen molar-refractivity contribution in [3.8, 4) is 0 Å². The first-order valence-electron chi connectivity index (χ1n) is 3.96. The van der Waals surface area contributed by atoms with E-state index in [2.05, 4.69) is 0 Å². The number of epoxide rings is 1. The molecule has 0 bridgehead atoms. The monoisotopic (exact) mass is 206 g/mol. The standard InChI is InChI=1S/C9H6F4O/c10-7-2-5(8-4-14-8)1-6(3-7)9(11,12)13/h1-3,8H,4H2/t8-/m0/s1. The molecule has 1 aromatic carbocycles. The Morgan fingerprint density at radius 2 is 1.86 bits per heavy atom. The molecular formula is C9H6F4O. The van der Waals surface area contributed by atoms with Gasteiger partial charge in [-0.05, 0) is 23.8 Å². The number of halogens is 4. The minimum atomic E-state index is -4.51. The highest BCUT2D eigenvalue weighted by Gasteiger charge is 2.34. The molecule has 76 valence electrons. The van der Waals surface area contributed by atoms with E-state index in [9.17, 15) is 17.6 Å². The minimum Gasteiger partial charge on any atom is -0.368 e. The van der Waals surface area contributed by atoms with Gasteiger partial charge in [0.15, 0.2) is 0 Å². The maximum atomic E-state index is 12.8. The molecule has 1 heterocycles. The molecule has 0 unspecified atom stereocenters. The van der Waals surface area contributed by atoms with Crippen LogP contribution in [0, 0.1) is 5.82 Å². The highest BCUT2D eigenvalue weighted by molar-refractivity contribution is 5.29. The zero-order chi connectivity index (χ0) is 10.3. The van der Waals surface area contributed by atoms with Gasteiger partial charge in [0, 0.05) is 0 Å². The Labute approximate surface area is 77.3 Å². The quantitative estimate of drug-likeness (QED) is 0.508. The van der Waals surface area contributed by atoms with Crippen LogP contribution in [0.25, 0.3) is 0 Å². The van der Waals surface area contributed by atoms with Crippen LogP contribution in [0.15, 0.2) is 18.2 Å². The summed E-state index contributed by atoms with van der Waals surface area (Å²) in [6.45, 7) is 0.362. The third kappa shape index (κ3) is 1.87. The molecule has 0 saturated carbocycles. The van der Waals surface area contributed by atoms with E-state index in [1.165, 1.54) is 0 Å². The molecule has 2 rings (SSSR count). The van der Waals surface area contributed by atoms with Gasteiger partial charge in [-0.15, -0.1) is 0 Å². The fourth-order valence-corrected chi connectivity index (χ4v) is 1.20. The highest BCUT2D eigenvalue weighted by Crippen LogP contribution is 2.35. The molecule has 1 nitrogen and oxygen atoms in total. The molecule has 0 aliphatic carbocycles. The molecule has 0 spiro atoms. The summed E-state index contributed by atoms with van der Waals surface area (Å²) >= 11 is 0. The summed E-state index contributed by atoms with van der Waals surface area (Å²) in [5.41, 5.74) is -0.722. The molecule has 1 fully saturated rings. The van der Waals surface area contributed by atoms with Crippen LogP contribution in [0.1, 0.15) is 17.2 Å². The minimum absolute atomic E-state index is 0.248. The van der Waals surface area contributed by atoms with Crippen molar-refractivity contribution in [2.75, 3.05) is 6.61 Å². The Bertz CT molecular complexity index is 354. The number of benzene rings is 1. The van der Waals surface area contributed by atoms with Gasteiger partial charge in [0.1, 0.15) is 11.9 Å². The van der Waals surface area contributed by atoms with E-state index in [1.54, 1.807) is 0 Å². The van der Waals surface area contributed by atoms with Crippen molar-refractivity contribution in [2.24, 2.45) is 0 Å². The van der Waals surface area contributed by atoms with Crippen molar-refractivity contribution < 1.29 is 22.3 Å². The predicted octanol–water partition coefficient (Wildman–Crippen LogP) is 2.92. The zero-order valence-electron chi connectivity index (χ0n) is 6.94. The lowest BCUT2D eigenvalue weighted by Gasteiger charge is -2.07. The van der Waals surface area contributed by atoms with Crippen molar-refractivity contribution in [3.05, 3.63) is 35.1 Å². The Balaban J connectivity index is 2.41. The third-order valence-electron chi connectivity index (χ3n) is 1.95. The fourth-order valence-electron chi connectivity index (χ4n) is 1.20. The lowest BCUT2D eigenvalue weighted by Crippen LogP contribution is -2.06. The Morgan fingerprint density at radius 1 is 1.21 bits per heavy atom. The van der Waals surface area contributed by atoms with Crippen LogP contribution >= 0.6 is 0 Å². The molecule has 0 radical (unpaired) electrons. The first-order valence-corrected chi connectivity index (χ1v) is 3.96. The van der Waals surface area contributed by atoms with Gasteiger partial charge >= 0.3 is 6.18 Å². The predicted molar refractivity (Wildman–Crippen MR) is 40.1 cm³/mol. The van der Waals surface area contributed by atoms with E-state index >= 15 is 0 Å². The van der Waals surface area contributed by atoms with E-state index in [0.29, 0.717) is 12.7 Å². The van der Waals surface area contributed by atoms with Crippen molar-refractivity contribution >= 4 is 0 Å². The Morgan fingerprint density at radius 3 is 2.36 bits per heavy atom. The molecule has 1 aromatic rings. The second kappa shape index (κ2) is 2.95. The molecule has 5 heteroatoms. The summed E-state index contributed by atoms with van der Waals surface area (Å²) in [4.78, 5) is 0. The molecule has 1 atom stereocenters. The van der Waals surface area contributed by atoms with Gasteiger partial charge in [-0.3, -0.25) is 0 Å². The summed E-state index contributed by atoms with van der Waals surface area (Å²) in [6, 6.07) is 2.46. The Kier molecular flexibility index (Phi) is 1.99. The SMILES string of the molecule is Fc1cc([C@@H]2CO2)cc(C(F)(F)F)c1. The van der Waals surface area contributed by atoms with Crippen molar-refractivity contribution in [3.63, 3.8) is 0 Å². The van der Waals surface area contributed by atoms with Crippen LogP contribution in [0.2, 0.25) is 0 Å². The number of hydrogen-bond acceptors (Lipinski definition) is 1. The van der Waals surface area contributed by atoms with Gasteiger partial charge in [0.2, 0.25) is 0 Å². The molecule has 1 aliphatic rings. The summed E-state index contributed by atoms with van der Waals surface area (Å²) in [7, 11) is 0. The molecule has 14 heavy (non-hydrogen) atoms. The first kappa shape index (κ1) is 9.45. The number of ether oxygens (including phenoxy) is 1. The summed E-state index contributed by atoms with van der Waals surface area (Å²) in [6.07, 6.45) is -4.88. The largest absolute Gasteiger partial charge is 0.416 e.